The van der Waals surface area contributed by atoms with Crippen LogP contribution in [-0.4, -0.2) is 28.3 Å². The van der Waals surface area contributed by atoms with E-state index in [1.54, 1.807) is 0 Å². The molecule has 0 radical (unpaired) electrons. The SMILES string of the molecule is Cc1ccc(SCC(=O)NC(C)(C)CCC(=O)O)c(C)c1. The van der Waals surface area contributed by atoms with Gasteiger partial charge in [-0.25, -0.2) is 0 Å². The molecule has 0 heterocycles. The number of aliphatic carboxylic acids is 1. The van der Waals surface area contributed by atoms with Crippen LogP contribution in [0.15, 0.2) is 23.1 Å². The van der Waals surface area contributed by atoms with Crippen LogP contribution in [0.5, 0.6) is 0 Å². The molecular formula is C16H23NO3S. The topological polar surface area (TPSA) is 66.4 Å². The van der Waals surface area contributed by atoms with Gasteiger partial charge in [0.05, 0.1) is 5.75 Å². The zero-order valence-electron chi connectivity index (χ0n) is 13.0. The number of aryl methyl sites for hydroxylation is 2. The van der Waals surface area contributed by atoms with Crippen LogP contribution in [0.3, 0.4) is 0 Å². The molecule has 4 nitrogen and oxygen atoms in total. The number of nitrogens with one attached hydrogen (secondary N) is 1. The normalized spacial score (nSPS) is 11.2. The highest BCUT2D eigenvalue weighted by Gasteiger charge is 2.21. The summed E-state index contributed by atoms with van der Waals surface area (Å²) in [6, 6.07) is 6.15. The van der Waals surface area contributed by atoms with E-state index >= 15 is 0 Å². The van der Waals surface area contributed by atoms with Crippen LogP contribution >= 0.6 is 11.8 Å². The van der Waals surface area contributed by atoms with Gasteiger partial charge < -0.3 is 10.4 Å². The molecule has 0 bridgehead atoms. The predicted octanol–water partition coefficient (Wildman–Crippen LogP) is 3.16. The molecule has 1 amide bonds. The van der Waals surface area contributed by atoms with Gasteiger partial charge in [0.1, 0.15) is 0 Å². The third-order valence-electron chi connectivity index (χ3n) is 3.13. The van der Waals surface area contributed by atoms with E-state index in [1.807, 2.05) is 39.8 Å². The van der Waals surface area contributed by atoms with E-state index in [0.717, 1.165) is 10.5 Å². The molecule has 0 aromatic heterocycles. The van der Waals surface area contributed by atoms with Crippen LogP contribution in [0.25, 0.3) is 0 Å². The average molecular weight is 309 g/mol. The first-order valence-electron chi connectivity index (χ1n) is 6.92. The Morgan fingerprint density at radius 1 is 1.29 bits per heavy atom. The van der Waals surface area contributed by atoms with Crippen molar-refractivity contribution in [3.05, 3.63) is 29.3 Å². The molecular weight excluding hydrogens is 286 g/mol. The molecule has 1 aromatic carbocycles. The van der Waals surface area contributed by atoms with Gasteiger partial charge in [-0.15, -0.1) is 11.8 Å². The maximum Gasteiger partial charge on any atom is 0.303 e. The van der Waals surface area contributed by atoms with Crippen molar-refractivity contribution in [1.82, 2.24) is 5.32 Å². The van der Waals surface area contributed by atoms with E-state index in [4.69, 9.17) is 5.11 Å². The van der Waals surface area contributed by atoms with Gasteiger partial charge in [0, 0.05) is 16.9 Å². The Balaban J connectivity index is 2.48. The summed E-state index contributed by atoms with van der Waals surface area (Å²) in [6.07, 6.45) is 0.472. The van der Waals surface area contributed by atoms with Crippen molar-refractivity contribution in [2.24, 2.45) is 0 Å². The molecule has 1 rings (SSSR count). The molecule has 1 aromatic rings. The third-order valence-corrected chi connectivity index (χ3v) is 4.31. The highest BCUT2D eigenvalue weighted by Crippen LogP contribution is 2.23. The number of thioether (sulfide) groups is 1. The molecule has 0 aliphatic heterocycles. The lowest BCUT2D eigenvalue weighted by molar-refractivity contribution is -0.137. The molecule has 116 valence electrons. The molecule has 2 N–H and O–H groups in total. The summed E-state index contributed by atoms with van der Waals surface area (Å²) in [5, 5.41) is 11.6. The van der Waals surface area contributed by atoms with Crippen molar-refractivity contribution in [2.75, 3.05) is 5.75 Å². The standard InChI is InChI=1S/C16H23NO3S/c1-11-5-6-13(12(2)9-11)21-10-14(18)17-16(3,4)8-7-15(19)20/h5-6,9H,7-8,10H2,1-4H3,(H,17,18)(H,19,20). The number of hydrogen-bond acceptors (Lipinski definition) is 3. The number of benzene rings is 1. The number of amides is 1. The van der Waals surface area contributed by atoms with E-state index in [9.17, 15) is 9.59 Å². The molecule has 0 aliphatic rings. The second kappa shape index (κ2) is 7.50. The summed E-state index contributed by atoms with van der Waals surface area (Å²) < 4.78 is 0. The zero-order chi connectivity index (χ0) is 16.0. The number of carboxylic acid groups (broad SMARTS) is 1. The maximum atomic E-state index is 12.0. The maximum absolute atomic E-state index is 12.0. The first kappa shape index (κ1) is 17.6. The smallest absolute Gasteiger partial charge is 0.303 e. The second-order valence-corrected chi connectivity index (χ2v) is 6.90. The summed E-state index contributed by atoms with van der Waals surface area (Å²) in [7, 11) is 0. The quantitative estimate of drug-likeness (QED) is 0.759. The van der Waals surface area contributed by atoms with E-state index in [0.29, 0.717) is 12.2 Å². The van der Waals surface area contributed by atoms with E-state index in [2.05, 4.69) is 11.4 Å². The van der Waals surface area contributed by atoms with Crippen molar-refractivity contribution in [1.29, 1.82) is 0 Å². The summed E-state index contributed by atoms with van der Waals surface area (Å²) in [5.74, 6) is -0.585. The van der Waals surface area contributed by atoms with Crippen LogP contribution < -0.4 is 5.32 Å². The first-order valence-corrected chi connectivity index (χ1v) is 7.91. The average Bonchev–Trinajstić information content (AvgIpc) is 2.35. The lowest BCUT2D eigenvalue weighted by Crippen LogP contribution is -2.44. The minimum Gasteiger partial charge on any atom is -0.481 e. The molecule has 0 saturated carbocycles. The van der Waals surface area contributed by atoms with Crippen LogP contribution in [0.1, 0.15) is 37.8 Å². The Kier molecular flexibility index (Phi) is 6.27. The van der Waals surface area contributed by atoms with Crippen molar-refractivity contribution in [3.63, 3.8) is 0 Å². The summed E-state index contributed by atoms with van der Waals surface area (Å²) in [5.41, 5.74) is 1.87. The number of rotatable bonds is 7. The Hall–Kier alpha value is -1.49. The molecule has 21 heavy (non-hydrogen) atoms. The van der Waals surface area contributed by atoms with Gasteiger partial charge in [0.25, 0.3) is 0 Å². The van der Waals surface area contributed by atoms with Crippen LogP contribution in [0, 0.1) is 13.8 Å². The van der Waals surface area contributed by atoms with Gasteiger partial charge in [-0.1, -0.05) is 17.7 Å². The third kappa shape index (κ3) is 6.67. The number of hydrogen-bond donors (Lipinski definition) is 2. The van der Waals surface area contributed by atoms with Crippen molar-refractivity contribution >= 4 is 23.6 Å². The summed E-state index contributed by atoms with van der Waals surface area (Å²) in [4.78, 5) is 23.7. The highest BCUT2D eigenvalue weighted by atomic mass is 32.2. The highest BCUT2D eigenvalue weighted by molar-refractivity contribution is 8.00. The van der Waals surface area contributed by atoms with Crippen molar-refractivity contribution in [2.45, 2.75) is 51.0 Å². The van der Waals surface area contributed by atoms with Crippen molar-refractivity contribution < 1.29 is 14.7 Å². The Morgan fingerprint density at radius 3 is 2.52 bits per heavy atom. The van der Waals surface area contributed by atoms with Crippen LogP contribution in [0.4, 0.5) is 0 Å². The van der Waals surface area contributed by atoms with Gasteiger partial charge in [0.2, 0.25) is 5.91 Å². The number of carbonyl (C=O) groups excluding carboxylic acids is 1. The fourth-order valence-electron chi connectivity index (χ4n) is 2.00. The van der Waals surface area contributed by atoms with Gasteiger partial charge in [0.15, 0.2) is 0 Å². The van der Waals surface area contributed by atoms with Gasteiger partial charge in [-0.05, 0) is 45.7 Å². The van der Waals surface area contributed by atoms with Crippen LogP contribution in [-0.2, 0) is 9.59 Å². The minimum atomic E-state index is -0.845. The fraction of sp³-hybridized carbons (Fsp3) is 0.500. The van der Waals surface area contributed by atoms with Gasteiger partial charge >= 0.3 is 5.97 Å². The number of carboxylic acids is 1. The monoisotopic (exact) mass is 309 g/mol. The first-order chi connectivity index (χ1) is 9.69. The molecule has 0 atom stereocenters. The van der Waals surface area contributed by atoms with E-state index in [-0.39, 0.29) is 12.3 Å². The predicted molar refractivity (Wildman–Crippen MR) is 85.7 cm³/mol. The summed E-state index contributed by atoms with van der Waals surface area (Å²) in [6.45, 7) is 7.76. The Morgan fingerprint density at radius 2 is 1.95 bits per heavy atom. The molecule has 0 spiro atoms. The fourth-order valence-corrected chi connectivity index (χ4v) is 2.81. The molecule has 0 saturated heterocycles. The van der Waals surface area contributed by atoms with Crippen LogP contribution in [0.2, 0.25) is 0 Å². The molecule has 0 fully saturated rings. The lowest BCUT2D eigenvalue weighted by Gasteiger charge is -2.25. The second-order valence-electron chi connectivity index (χ2n) is 5.88. The largest absolute Gasteiger partial charge is 0.481 e. The Bertz CT molecular complexity index is 526. The van der Waals surface area contributed by atoms with Gasteiger partial charge in [-0.2, -0.15) is 0 Å². The molecule has 5 heteroatoms. The zero-order valence-corrected chi connectivity index (χ0v) is 13.8. The Labute approximate surface area is 130 Å². The minimum absolute atomic E-state index is 0.0531. The van der Waals surface area contributed by atoms with Gasteiger partial charge in [-0.3, -0.25) is 9.59 Å². The van der Waals surface area contributed by atoms with E-state index in [1.165, 1.54) is 17.3 Å². The lowest BCUT2D eigenvalue weighted by atomic mass is 9.98. The number of carbonyl (C=O) groups is 2. The summed E-state index contributed by atoms with van der Waals surface area (Å²) >= 11 is 1.50. The van der Waals surface area contributed by atoms with E-state index < -0.39 is 11.5 Å². The molecule has 0 unspecified atom stereocenters. The van der Waals surface area contributed by atoms with Crippen molar-refractivity contribution in [3.8, 4) is 0 Å². The molecule has 0 aliphatic carbocycles.